The van der Waals surface area contributed by atoms with Gasteiger partial charge in [0.05, 0.1) is 17.4 Å². The molecule has 1 saturated heterocycles. The number of anilines is 2. The zero-order chi connectivity index (χ0) is 17.2. The van der Waals surface area contributed by atoms with Crippen LogP contribution in [0.25, 0.3) is 0 Å². The van der Waals surface area contributed by atoms with Gasteiger partial charge in [0.1, 0.15) is 6.61 Å². The third-order valence-corrected chi connectivity index (χ3v) is 5.24. The molecule has 0 aromatic heterocycles. The van der Waals surface area contributed by atoms with Crippen LogP contribution in [0.4, 0.5) is 16.2 Å². The molecule has 0 bridgehead atoms. The fourth-order valence-electron chi connectivity index (χ4n) is 3.45. The summed E-state index contributed by atoms with van der Waals surface area (Å²) in [6.45, 7) is 3.32. The maximum absolute atomic E-state index is 12.4. The SMILES string of the molecule is O=C(OCc1ccccc1)N1CCN2c3ccc(Br)cc3NCC2C1. The molecular formula is C19H20BrN3O2. The number of benzene rings is 2. The molecule has 1 amide bonds. The van der Waals surface area contributed by atoms with Crippen molar-refractivity contribution in [2.45, 2.75) is 12.6 Å². The number of piperazine rings is 1. The third kappa shape index (κ3) is 3.44. The summed E-state index contributed by atoms with van der Waals surface area (Å²) in [5.74, 6) is 0. The summed E-state index contributed by atoms with van der Waals surface area (Å²) in [4.78, 5) is 16.6. The number of rotatable bonds is 2. The minimum Gasteiger partial charge on any atom is -0.445 e. The lowest BCUT2D eigenvalue weighted by Gasteiger charge is -2.45. The highest BCUT2D eigenvalue weighted by molar-refractivity contribution is 9.10. The van der Waals surface area contributed by atoms with Crippen molar-refractivity contribution in [2.75, 3.05) is 36.4 Å². The van der Waals surface area contributed by atoms with Crippen molar-refractivity contribution in [1.29, 1.82) is 0 Å². The molecule has 130 valence electrons. The van der Waals surface area contributed by atoms with Crippen LogP contribution in [-0.2, 0) is 11.3 Å². The molecule has 2 aliphatic heterocycles. The van der Waals surface area contributed by atoms with Crippen LogP contribution in [0.5, 0.6) is 0 Å². The van der Waals surface area contributed by atoms with Crippen LogP contribution in [-0.4, -0.2) is 43.2 Å². The van der Waals surface area contributed by atoms with Crippen LogP contribution in [0, 0.1) is 0 Å². The second-order valence-electron chi connectivity index (χ2n) is 6.38. The van der Waals surface area contributed by atoms with Gasteiger partial charge in [0.15, 0.2) is 0 Å². The average molecular weight is 402 g/mol. The number of carbonyl (C=O) groups is 1. The monoisotopic (exact) mass is 401 g/mol. The van der Waals surface area contributed by atoms with E-state index in [9.17, 15) is 4.79 Å². The molecule has 0 radical (unpaired) electrons. The standard InChI is InChI=1S/C19H20BrN3O2/c20-15-6-7-18-17(10-15)21-11-16-12-22(8-9-23(16)18)19(24)25-13-14-4-2-1-3-5-14/h1-7,10,16,21H,8-9,11-13H2. The van der Waals surface area contributed by atoms with Gasteiger partial charge >= 0.3 is 6.09 Å². The third-order valence-electron chi connectivity index (χ3n) is 4.74. The molecule has 1 atom stereocenters. The van der Waals surface area contributed by atoms with E-state index in [4.69, 9.17) is 4.74 Å². The van der Waals surface area contributed by atoms with E-state index in [2.05, 4.69) is 44.3 Å². The first-order valence-corrected chi connectivity index (χ1v) is 9.26. The lowest BCUT2D eigenvalue weighted by molar-refractivity contribution is 0.0894. The zero-order valence-corrected chi connectivity index (χ0v) is 15.4. The van der Waals surface area contributed by atoms with Crippen LogP contribution in [0.2, 0.25) is 0 Å². The van der Waals surface area contributed by atoms with Crippen molar-refractivity contribution in [1.82, 2.24) is 4.90 Å². The van der Waals surface area contributed by atoms with Crippen LogP contribution in [0.1, 0.15) is 5.56 Å². The largest absolute Gasteiger partial charge is 0.445 e. The molecule has 2 aromatic rings. The molecule has 1 unspecified atom stereocenters. The Morgan fingerprint density at radius 1 is 1.20 bits per heavy atom. The summed E-state index contributed by atoms with van der Waals surface area (Å²) in [6, 6.07) is 16.3. The van der Waals surface area contributed by atoms with Crippen molar-refractivity contribution in [3.05, 3.63) is 58.6 Å². The van der Waals surface area contributed by atoms with E-state index in [0.717, 1.165) is 28.8 Å². The molecule has 5 nitrogen and oxygen atoms in total. The number of hydrogen-bond donors (Lipinski definition) is 1. The van der Waals surface area contributed by atoms with E-state index in [-0.39, 0.29) is 12.1 Å². The molecular weight excluding hydrogens is 382 g/mol. The first-order chi connectivity index (χ1) is 12.2. The van der Waals surface area contributed by atoms with E-state index in [1.54, 1.807) is 0 Å². The first-order valence-electron chi connectivity index (χ1n) is 8.46. The summed E-state index contributed by atoms with van der Waals surface area (Å²) in [5, 5.41) is 3.47. The fourth-order valence-corrected chi connectivity index (χ4v) is 3.81. The minimum atomic E-state index is -0.231. The van der Waals surface area contributed by atoms with Crippen molar-refractivity contribution >= 4 is 33.4 Å². The molecule has 4 rings (SSSR count). The van der Waals surface area contributed by atoms with Crippen LogP contribution >= 0.6 is 15.9 Å². The number of nitrogens with zero attached hydrogens (tertiary/aromatic N) is 2. The number of nitrogens with one attached hydrogen (secondary N) is 1. The lowest BCUT2D eigenvalue weighted by Crippen LogP contribution is -2.58. The van der Waals surface area contributed by atoms with Crippen molar-refractivity contribution < 1.29 is 9.53 Å². The molecule has 25 heavy (non-hydrogen) atoms. The van der Waals surface area contributed by atoms with Gasteiger partial charge in [-0.3, -0.25) is 0 Å². The summed E-state index contributed by atoms with van der Waals surface area (Å²) >= 11 is 3.52. The van der Waals surface area contributed by atoms with E-state index in [1.807, 2.05) is 35.2 Å². The summed E-state index contributed by atoms with van der Waals surface area (Å²) < 4.78 is 6.54. The Hall–Kier alpha value is -2.21. The number of amides is 1. The zero-order valence-electron chi connectivity index (χ0n) is 13.8. The number of ether oxygens (including phenoxy) is 1. The predicted octanol–water partition coefficient (Wildman–Crippen LogP) is 3.70. The molecule has 1 fully saturated rings. The van der Waals surface area contributed by atoms with Gasteiger partial charge < -0.3 is 19.9 Å². The second-order valence-corrected chi connectivity index (χ2v) is 7.29. The van der Waals surface area contributed by atoms with E-state index < -0.39 is 0 Å². The highest BCUT2D eigenvalue weighted by Crippen LogP contribution is 2.35. The quantitative estimate of drug-likeness (QED) is 0.832. The van der Waals surface area contributed by atoms with Crippen LogP contribution in [0.3, 0.4) is 0 Å². The van der Waals surface area contributed by atoms with Gasteiger partial charge in [-0.1, -0.05) is 46.3 Å². The van der Waals surface area contributed by atoms with Crippen molar-refractivity contribution in [3.63, 3.8) is 0 Å². The first kappa shape index (κ1) is 16.3. The van der Waals surface area contributed by atoms with Gasteiger partial charge in [0.2, 0.25) is 0 Å². The average Bonchev–Trinajstić information content (AvgIpc) is 2.66. The molecule has 1 N–H and O–H groups in total. The number of carbonyl (C=O) groups excluding carboxylic acids is 1. The predicted molar refractivity (Wildman–Crippen MR) is 102 cm³/mol. The van der Waals surface area contributed by atoms with E-state index >= 15 is 0 Å². The molecule has 0 saturated carbocycles. The van der Waals surface area contributed by atoms with Gasteiger partial charge in [-0.2, -0.15) is 0 Å². The Bertz CT molecular complexity index is 769. The highest BCUT2D eigenvalue weighted by atomic mass is 79.9. The molecule has 0 spiro atoms. The fraction of sp³-hybridized carbons (Fsp3) is 0.316. The molecule has 2 aliphatic rings. The Balaban J connectivity index is 1.38. The molecule has 0 aliphatic carbocycles. The summed E-state index contributed by atoms with van der Waals surface area (Å²) in [5.41, 5.74) is 3.36. The van der Waals surface area contributed by atoms with Gasteiger partial charge in [-0.15, -0.1) is 0 Å². The smallest absolute Gasteiger partial charge is 0.410 e. The number of fused-ring (bicyclic) bond motifs is 3. The van der Waals surface area contributed by atoms with Crippen LogP contribution in [0.15, 0.2) is 53.0 Å². The Kier molecular flexibility index (Phi) is 4.53. The Labute approximate surface area is 155 Å². The molecule has 6 heteroatoms. The second kappa shape index (κ2) is 6.96. The number of hydrogen-bond acceptors (Lipinski definition) is 4. The lowest BCUT2D eigenvalue weighted by atomic mass is 10.1. The van der Waals surface area contributed by atoms with E-state index in [0.29, 0.717) is 19.7 Å². The maximum Gasteiger partial charge on any atom is 0.410 e. The maximum atomic E-state index is 12.4. The Morgan fingerprint density at radius 2 is 2.04 bits per heavy atom. The van der Waals surface area contributed by atoms with Gasteiger partial charge in [0.25, 0.3) is 0 Å². The van der Waals surface area contributed by atoms with Crippen LogP contribution < -0.4 is 10.2 Å². The topological polar surface area (TPSA) is 44.8 Å². The van der Waals surface area contributed by atoms with Crippen molar-refractivity contribution in [3.8, 4) is 0 Å². The summed E-state index contributed by atoms with van der Waals surface area (Å²) in [7, 11) is 0. The molecule has 2 aromatic carbocycles. The van der Waals surface area contributed by atoms with Gasteiger partial charge in [-0.05, 0) is 23.8 Å². The van der Waals surface area contributed by atoms with Crippen molar-refractivity contribution in [2.24, 2.45) is 0 Å². The van der Waals surface area contributed by atoms with E-state index in [1.165, 1.54) is 5.69 Å². The van der Waals surface area contributed by atoms with Gasteiger partial charge in [-0.25, -0.2) is 4.79 Å². The minimum absolute atomic E-state index is 0.231. The highest BCUT2D eigenvalue weighted by Gasteiger charge is 2.33. The normalized spacial score (nSPS) is 18.8. The van der Waals surface area contributed by atoms with Gasteiger partial charge in [0, 0.05) is 30.7 Å². The Morgan fingerprint density at radius 3 is 2.88 bits per heavy atom. The number of halogens is 1. The molecule has 2 heterocycles. The summed E-state index contributed by atoms with van der Waals surface area (Å²) in [6.07, 6.45) is -0.231.